The highest BCUT2D eigenvalue weighted by Gasteiger charge is 2.16. The Morgan fingerprint density at radius 1 is 1.38 bits per heavy atom. The van der Waals surface area contributed by atoms with E-state index in [0.717, 1.165) is 6.42 Å². The van der Waals surface area contributed by atoms with Crippen LogP contribution in [-0.2, 0) is 0 Å². The lowest BCUT2D eigenvalue weighted by molar-refractivity contribution is 0.723. The van der Waals surface area contributed by atoms with Crippen LogP contribution in [0.5, 0.6) is 0 Å². The smallest absolute Gasteiger partial charge is 0.0340 e. The fourth-order valence-electron chi connectivity index (χ4n) is 1.52. The van der Waals surface area contributed by atoms with Crippen LogP contribution in [-0.4, -0.2) is 4.75 Å². The molecule has 0 aliphatic heterocycles. The van der Waals surface area contributed by atoms with E-state index in [0.29, 0.717) is 0 Å². The van der Waals surface area contributed by atoms with Crippen LogP contribution in [0.3, 0.4) is 0 Å². The van der Waals surface area contributed by atoms with Crippen molar-refractivity contribution in [2.75, 3.05) is 0 Å². The predicted molar refractivity (Wildman–Crippen MR) is 73.8 cm³/mol. The van der Waals surface area contributed by atoms with Crippen LogP contribution >= 0.6 is 11.8 Å². The molecule has 1 rings (SSSR count). The van der Waals surface area contributed by atoms with Gasteiger partial charge in [-0.25, -0.2) is 0 Å². The molecule has 0 saturated carbocycles. The first kappa shape index (κ1) is 13.3. The number of hydrogen-bond acceptors (Lipinski definition) is 2. The highest BCUT2D eigenvalue weighted by Crippen LogP contribution is 2.36. The lowest BCUT2D eigenvalue weighted by Crippen LogP contribution is -2.13. The van der Waals surface area contributed by atoms with Crippen molar-refractivity contribution in [3.8, 4) is 0 Å². The minimum atomic E-state index is 0.0588. The quantitative estimate of drug-likeness (QED) is 0.626. The number of benzene rings is 1. The maximum Gasteiger partial charge on any atom is 0.0340 e. The summed E-state index contributed by atoms with van der Waals surface area (Å²) in [7, 11) is 0. The number of nitrogens with two attached hydrogens (primary N) is 1. The molecule has 0 heterocycles. The second-order valence-electron chi connectivity index (χ2n) is 4.88. The molecule has 1 nitrogen and oxygen atoms in total. The largest absolute Gasteiger partial charge is 0.324 e. The Bertz CT molecular complexity index is 352. The Hall–Kier alpha value is -0.730. The van der Waals surface area contributed by atoms with Crippen LogP contribution in [0.15, 0.2) is 41.8 Å². The number of rotatable bonds is 4. The Morgan fingerprint density at radius 2 is 2.00 bits per heavy atom. The molecule has 2 N–H and O–H groups in total. The molecule has 16 heavy (non-hydrogen) atoms. The van der Waals surface area contributed by atoms with Crippen LogP contribution in [0, 0.1) is 0 Å². The fourth-order valence-corrected chi connectivity index (χ4v) is 2.66. The molecule has 0 aliphatic rings. The maximum atomic E-state index is 6.14. The Balaban J connectivity index is 2.95. The van der Waals surface area contributed by atoms with Crippen molar-refractivity contribution in [3.05, 3.63) is 42.5 Å². The van der Waals surface area contributed by atoms with Gasteiger partial charge in [-0.2, -0.15) is 0 Å². The van der Waals surface area contributed by atoms with Gasteiger partial charge in [0.2, 0.25) is 0 Å². The summed E-state index contributed by atoms with van der Waals surface area (Å²) in [5.41, 5.74) is 7.36. The molecule has 0 radical (unpaired) electrons. The van der Waals surface area contributed by atoms with Crippen molar-refractivity contribution >= 4 is 11.8 Å². The summed E-state index contributed by atoms with van der Waals surface area (Å²) in [6.45, 7) is 10.4. The zero-order valence-corrected chi connectivity index (χ0v) is 11.2. The molecule has 0 aliphatic carbocycles. The third-order valence-electron chi connectivity index (χ3n) is 2.16. The predicted octanol–water partition coefficient (Wildman–Crippen LogP) is 4.15. The lowest BCUT2D eigenvalue weighted by atomic mass is 10.1. The van der Waals surface area contributed by atoms with Crippen molar-refractivity contribution in [2.24, 2.45) is 5.73 Å². The molecule has 0 saturated heterocycles. The van der Waals surface area contributed by atoms with E-state index < -0.39 is 0 Å². The average Bonchev–Trinajstić information content (AvgIpc) is 2.16. The van der Waals surface area contributed by atoms with E-state index in [2.05, 4.69) is 45.5 Å². The minimum Gasteiger partial charge on any atom is -0.324 e. The van der Waals surface area contributed by atoms with Crippen LogP contribution in [0.4, 0.5) is 0 Å². The standard InChI is InChI=1S/C14H21NS/c1-5-8-12(15)11-9-6-7-10-13(11)16-14(2,3)4/h5-7,9-10,12H,1,8,15H2,2-4H3/t12-/m0/s1. The molecule has 0 amide bonds. The van der Waals surface area contributed by atoms with E-state index in [1.165, 1.54) is 10.5 Å². The van der Waals surface area contributed by atoms with Crippen molar-refractivity contribution < 1.29 is 0 Å². The van der Waals surface area contributed by atoms with Crippen LogP contribution in [0.1, 0.15) is 38.8 Å². The van der Waals surface area contributed by atoms with Crippen LogP contribution in [0.25, 0.3) is 0 Å². The van der Waals surface area contributed by atoms with E-state index in [-0.39, 0.29) is 10.8 Å². The minimum absolute atomic E-state index is 0.0588. The molecular formula is C14H21NS. The van der Waals surface area contributed by atoms with Gasteiger partial charge in [-0.05, 0) is 18.1 Å². The second-order valence-corrected chi connectivity index (χ2v) is 6.75. The monoisotopic (exact) mass is 235 g/mol. The molecule has 0 aromatic heterocycles. The first-order valence-corrected chi connectivity index (χ1v) is 6.40. The molecule has 2 heteroatoms. The Labute approximate surface area is 103 Å². The summed E-state index contributed by atoms with van der Waals surface area (Å²) in [4.78, 5) is 1.28. The van der Waals surface area contributed by atoms with Gasteiger partial charge in [0, 0.05) is 15.7 Å². The summed E-state index contributed by atoms with van der Waals surface area (Å²) in [6.07, 6.45) is 2.70. The molecule has 0 unspecified atom stereocenters. The van der Waals surface area contributed by atoms with Gasteiger partial charge in [-0.3, -0.25) is 0 Å². The van der Waals surface area contributed by atoms with Gasteiger partial charge in [0.25, 0.3) is 0 Å². The third kappa shape index (κ3) is 4.03. The van der Waals surface area contributed by atoms with Gasteiger partial charge >= 0.3 is 0 Å². The van der Waals surface area contributed by atoms with Gasteiger partial charge < -0.3 is 5.73 Å². The normalized spacial score (nSPS) is 13.5. The van der Waals surface area contributed by atoms with E-state index in [9.17, 15) is 0 Å². The number of thioether (sulfide) groups is 1. The third-order valence-corrected chi connectivity index (χ3v) is 3.36. The van der Waals surface area contributed by atoms with Gasteiger partial charge in [0.05, 0.1) is 0 Å². The average molecular weight is 235 g/mol. The maximum absolute atomic E-state index is 6.14. The molecule has 88 valence electrons. The molecule has 1 aromatic carbocycles. The van der Waals surface area contributed by atoms with E-state index in [1.54, 1.807) is 0 Å². The van der Waals surface area contributed by atoms with Gasteiger partial charge in [-0.1, -0.05) is 45.0 Å². The summed E-state index contributed by atoms with van der Waals surface area (Å²) < 4.78 is 0.212. The first-order valence-electron chi connectivity index (χ1n) is 5.58. The van der Waals surface area contributed by atoms with E-state index >= 15 is 0 Å². The molecular weight excluding hydrogens is 214 g/mol. The van der Waals surface area contributed by atoms with E-state index in [4.69, 9.17) is 5.73 Å². The molecule has 0 fully saturated rings. The molecule has 0 spiro atoms. The molecule has 1 aromatic rings. The Kier molecular flexibility index (Phi) is 4.63. The molecule has 1 atom stereocenters. The Morgan fingerprint density at radius 3 is 2.56 bits per heavy atom. The summed E-state index contributed by atoms with van der Waals surface area (Å²) in [5, 5.41) is 0. The van der Waals surface area contributed by atoms with E-state index in [1.807, 2.05) is 23.9 Å². The second kappa shape index (κ2) is 5.55. The zero-order chi connectivity index (χ0) is 12.2. The van der Waals surface area contributed by atoms with Crippen molar-refractivity contribution in [3.63, 3.8) is 0 Å². The van der Waals surface area contributed by atoms with Crippen molar-refractivity contribution in [1.82, 2.24) is 0 Å². The first-order chi connectivity index (χ1) is 7.44. The highest BCUT2D eigenvalue weighted by molar-refractivity contribution is 8.00. The highest BCUT2D eigenvalue weighted by atomic mass is 32.2. The van der Waals surface area contributed by atoms with Gasteiger partial charge in [0.1, 0.15) is 0 Å². The molecule has 0 bridgehead atoms. The van der Waals surface area contributed by atoms with Gasteiger partial charge in [-0.15, -0.1) is 18.3 Å². The van der Waals surface area contributed by atoms with Crippen LogP contribution < -0.4 is 5.73 Å². The topological polar surface area (TPSA) is 26.0 Å². The zero-order valence-electron chi connectivity index (χ0n) is 10.4. The number of hydrogen-bond donors (Lipinski definition) is 1. The van der Waals surface area contributed by atoms with Crippen LogP contribution in [0.2, 0.25) is 0 Å². The summed E-state index contributed by atoms with van der Waals surface area (Å²) >= 11 is 1.87. The summed E-state index contributed by atoms with van der Waals surface area (Å²) in [6, 6.07) is 8.43. The van der Waals surface area contributed by atoms with Gasteiger partial charge in [0.15, 0.2) is 0 Å². The SMILES string of the molecule is C=CC[C@H](N)c1ccccc1SC(C)(C)C. The van der Waals surface area contributed by atoms with Crippen molar-refractivity contribution in [2.45, 2.75) is 42.9 Å². The van der Waals surface area contributed by atoms with Crippen molar-refractivity contribution in [1.29, 1.82) is 0 Å². The summed E-state index contributed by atoms with van der Waals surface area (Å²) in [5.74, 6) is 0. The fraction of sp³-hybridized carbons (Fsp3) is 0.429. The lowest BCUT2D eigenvalue weighted by Gasteiger charge is -2.22.